The monoisotopic (exact) mass is 347 g/mol. The molecular weight excluding hydrogens is 326 g/mol. The number of aryl methyl sites for hydroxylation is 3. The summed E-state index contributed by atoms with van der Waals surface area (Å²) in [5.74, 6) is 0.995. The predicted molar refractivity (Wildman–Crippen MR) is 98.4 cm³/mol. The van der Waals surface area contributed by atoms with Gasteiger partial charge in [0, 0.05) is 18.4 Å². The van der Waals surface area contributed by atoms with Crippen molar-refractivity contribution < 1.29 is 9.21 Å². The second-order valence-corrected chi connectivity index (χ2v) is 6.72. The molecule has 0 unspecified atom stereocenters. The third-order valence-corrected chi connectivity index (χ3v) is 4.80. The van der Waals surface area contributed by atoms with E-state index in [1.807, 2.05) is 43.3 Å². The molecule has 4 rings (SSSR count). The van der Waals surface area contributed by atoms with Crippen LogP contribution in [0.5, 0.6) is 0 Å². The van der Waals surface area contributed by atoms with Gasteiger partial charge in [-0.05, 0) is 43.0 Å². The highest BCUT2D eigenvalue weighted by Crippen LogP contribution is 2.30. The summed E-state index contributed by atoms with van der Waals surface area (Å²) in [5.41, 5.74) is 4.64. The standard InChI is InChI=1S/C21H21N3O2/c1-14-6-8-16(9-7-14)21-24-23-20(26-21)13-12-19(25)22-18-11-10-15-4-2-3-5-17(15)18/h2-9,18H,10-13H2,1H3,(H,22,25)/t18-/m1/s1. The Morgan fingerprint density at radius 2 is 1.96 bits per heavy atom. The number of hydrogen-bond donors (Lipinski definition) is 1. The number of carbonyl (C=O) groups is 1. The van der Waals surface area contributed by atoms with Crippen LogP contribution in [0, 0.1) is 6.92 Å². The zero-order valence-electron chi connectivity index (χ0n) is 14.7. The number of rotatable bonds is 5. The quantitative estimate of drug-likeness (QED) is 0.763. The maximum absolute atomic E-state index is 12.3. The van der Waals surface area contributed by atoms with Crippen LogP contribution < -0.4 is 5.32 Å². The van der Waals surface area contributed by atoms with E-state index in [1.165, 1.54) is 16.7 Å². The van der Waals surface area contributed by atoms with E-state index < -0.39 is 0 Å². The summed E-state index contributed by atoms with van der Waals surface area (Å²) in [5, 5.41) is 11.3. The Balaban J connectivity index is 1.33. The highest BCUT2D eigenvalue weighted by molar-refractivity contribution is 5.76. The molecule has 26 heavy (non-hydrogen) atoms. The SMILES string of the molecule is Cc1ccc(-c2nnc(CCC(=O)N[C@@H]3CCc4ccccc43)o2)cc1. The molecule has 1 amide bonds. The number of nitrogens with zero attached hydrogens (tertiary/aromatic N) is 2. The molecule has 3 aromatic rings. The summed E-state index contributed by atoms with van der Waals surface area (Å²) in [6, 6.07) is 16.3. The molecule has 0 spiro atoms. The van der Waals surface area contributed by atoms with Crippen LogP contribution in [-0.4, -0.2) is 16.1 Å². The van der Waals surface area contributed by atoms with Gasteiger partial charge in [0.2, 0.25) is 17.7 Å². The molecule has 0 bridgehead atoms. The Bertz CT molecular complexity index is 915. The summed E-state index contributed by atoms with van der Waals surface area (Å²) in [6.07, 6.45) is 2.77. The van der Waals surface area contributed by atoms with E-state index in [0.29, 0.717) is 24.6 Å². The molecule has 1 aliphatic carbocycles. The van der Waals surface area contributed by atoms with Crippen molar-refractivity contribution in [2.75, 3.05) is 0 Å². The van der Waals surface area contributed by atoms with Crippen molar-refractivity contribution in [3.8, 4) is 11.5 Å². The van der Waals surface area contributed by atoms with Gasteiger partial charge in [0.05, 0.1) is 6.04 Å². The molecule has 0 radical (unpaired) electrons. The Morgan fingerprint density at radius 1 is 1.15 bits per heavy atom. The number of fused-ring (bicyclic) bond motifs is 1. The van der Waals surface area contributed by atoms with E-state index in [1.54, 1.807) is 0 Å². The lowest BCUT2D eigenvalue weighted by atomic mass is 10.1. The Morgan fingerprint density at radius 3 is 2.81 bits per heavy atom. The van der Waals surface area contributed by atoms with Crippen molar-refractivity contribution in [1.82, 2.24) is 15.5 Å². The number of benzene rings is 2. The van der Waals surface area contributed by atoms with Crippen molar-refractivity contribution in [2.45, 2.75) is 38.6 Å². The summed E-state index contributed by atoms with van der Waals surface area (Å²) < 4.78 is 5.68. The van der Waals surface area contributed by atoms with Crippen LogP contribution in [0.15, 0.2) is 52.9 Å². The van der Waals surface area contributed by atoms with Crippen LogP contribution in [0.1, 0.15) is 41.5 Å². The molecule has 0 aliphatic heterocycles. The minimum Gasteiger partial charge on any atom is -0.421 e. The van der Waals surface area contributed by atoms with Gasteiger partial charge in [0.15, 0.2) is 0 Å². The summed E-state index contributed by atoms with van der Waals surface area (Å²) in [4.78, 5) is 12.3. The van der Waals surface area contributed by atoms with Crippen LogP contribution in [0.4, 0.5) is 0 Å². The molecule has 0 fully saturated rings. The molecule has 1 N–H and O–H groups in total. The van der Waals surface area contributed by atoms with Crippen LogP contribution in [-0.2, 0) is 17.6 Å². The maximum atomic E-state index is 12.3. The van der Waals surface area contributed by atoms with Gasteiger partial charge in [0.1, 0.15) is 0 Å². The van der Waals surface area contributed by atoms with E-state index >= 15 is 0 Å². The fourth-order valence-corrected chi connectivity index (χ4v) is 3.36. The molecule has 0 saturated heterocycles. The molecule has 1 atom stereocenters. The van der Waals surface area contributed by atoms with Gasteiger partial charge in [-0.15, -0.1) is 10.2 Å². The number of aromatic nitrogens is 2. The van der Waals surface area contributed by atoms with E-state index in [2.05, 4.69) is 27.6 Å². The van der Waals surface area contributed by atoms with Gasteiger partial charge in [-0.25, -0.2) is 0 Å². The number of carbonyl (C=O) groups excluding carboxylic acids is 1. The maximum Gasteiger partial charge on any atom is 0.247 e. The Hall–Kier alpha value is -2.95. The minimum atomic E-state index is 0.0155. The summed E-state index contributed by atoms with van der Waals surface area (Å²) in [7, 11) is 0. The average Bonchev–Trinajstić information content (AvgIpc) is 3.28. The lowest BCUT2D eigenvalue weighted by Crippen LogP contribution is -2.27. The van der Waals surface area contributed by atoms with E-state index in [-0.39, 0.29) is 11.9 Å². The lowest BCUT2D eigenvalue weighted by Gasteiger charge is -2.13. The molecular formula is C21H21N3O2. The topological polar surface area (TPSA) is 68.0 Å². The smallest absolute Gasteiger partial charge is 0.247 e. The van der Waals surface area contributed by atoms with Gasteiger partial charge >= 0.3 is 0 Å². The Kier molecular flexibility index (Phi) is 4.52. The van der Waals surface area contributed by atoms with Crippen LogP contribution in [0.25, 0.3) is 11.5 Å². The van der Waals surface area contributed by atoms with Crippen molar-refractivity contribution in [1.29, 1.82) is 0 Å². The Labute approximate surface area is 152 Å². The fraction of sp³-hybridized carbons (Fsp3) is 0.286. The predicted octanol–water partition coefficient (Wildman–Crippen LogP) is 3.78. The third kappa shape index (κ3) is 3.52. The van der Waals surface area contributed by atoms with Gasteiger partial charge in [0.25, 0.3) is 0 Å². The molecule has 1 aliphatic rings. The lowest BCUT2D eigenvalue weighted by molar-refractivity contribution is -0.121. The van der Waals surface area contributed by atoms with Crippen molar-refractivity contribution in [3.63, 3.8) is 0 Å². The highest BCUT2D eigenvalue weighted by atomic mass is 16.4. The first kappa shape index (κ1) is 16.5. The van der Waals surface area contributed by atoms with E-state index in [9.17, 15) is 4.79 Å². The van der Waals surface area contributed by atoms with Gasteiger partial charge in [-0.2, -0.15) is 0 Å². The number of hydrogen-bond acceptors (Lipinski definition) is 4. The molecule has 0 saturated carbocycles. The van der Waals surface area contributed by atoms with E-state index in [4.69, 9.17) is 4.42 Å². The van der Waals surface area contributed by atoms with Crippen molar-refractivity contribution in [2.24, 2.45) is 0 Å². The average molecular weight is 347 g/mol. The van der Waals surface area contributed by atoms with Crippen LogP contribution in [0.3, 0.4) is 0 Å². The largest absolute Gasteiger partial charge is 0.421 e. The molecule has 2 aromatic carbocycles. The molecule has 1 heterocycles. The first-order valence-corrected chi connectivity index (χ1v) is 8.95. The normalized spacial score (nSPS) is 15.7. The van der Waals surface area contributed by atoms with Gasteiger partial charge < -0.3 is 9.73 Å². The third-order valence-electron chi connectivity index (χ3n) is 4.80. The van der Waals surface area contributed by atoms with Gasteiger partial charge in [-0.1, -0.05) is 42.0 Å². The van der Waals surface area contributed by atoms with Crippen molar-refractivity contribution in [3.05, 3.63) is 71.1 Å². The molecule has 5 heteroatoms. The minimum absolute atomic E-state index is 0.0155. The molecule has 1 aromatic heterocycles. The molecule has 5 nitrogen and oxygen atoms in total. The zero-order valence-corrected chi connectivity index (χ0v) is 14.7. The van der Waals surface area contributed by atoms with Crippen LogP contribution >= 0.6 is 0 Å². The van der Waals surface area contributed by atoms with E-state index in [0.717, 1.165) is 18.4 Å². The molecule has 132 valence electrons. The highest BCUT2D eigenvalue weighted by Gasteiger charge is 2.23. The van der Waals surface area contributed by atoms with Gasteiger partial charge in [-0.3, -0.25) is 4.79 Å². The number of nitrogens with one attached hydrogen (secondary N) is 1. The number of amides is 1. The summed E-state index contributed by atoms with van der Waals surface area (Å²) >= 11 is 0. The first-order valence-electron chi connectivity index (χ1n) is 8.95. The second-order valence-electron chi connectivity index (χ2n) is 6.72. The van der Waals surface area contributed by atoms with Crippen LogP contribution in [0.2, 0.25) is 0 Å². The van der Waals surface area contributed by atoms with Crippen molar-refractivity contribution >= 4 is 5.91 Å². The first-order chi connectivity index (χ1) is 12.7. The fourth-order valence-electron chi connectivity index (χ4n) is 3.36. The second kappa shape index (κ2) is 7.12. The summed E-state index contributed by atoms with van der Waals surface area (Å²) in [6.45, 7) is 2.03. The zero-order chi connectivity index (χ0) is 17.9.